The summed E-state index contributed by atoms with van der Waals surface area (Å²) in [7, 11) is 2.22. The van der Waals surface area contributed by atoms with E-state index in [9.17, 15) is 0 Å². The quantitative estimate of drug-likeness (QED) is 0.732. The number of fused-ring (bicyclic) bond motifs is 5. The van der Waals surface area contributed by atoms with Crippen molar-refractivity contribution in [3.63, 3.8) is 0 Å². The van der Waals surface area contributed by atoms with Crippen molar-refractivity contribution in [2.24, 2.45) is 0 Å². The van der Waals surface area contributed by atoms with Crippen LogP contribution in [0, 0.1) is 0 Å². The Morgan fingerprint density at radius 2 is 1.70 bits per heavy atom. The Kier molecular flexibility index (Phi) is 3.21. The standard InChI is InChI=1S/C17H16NO.Y/c1-18-10-14-12-6-2-4-8-16(12)19-17-9-5-3-7-13(17)15(14)11-18;/h2,4-9,14-15H,10-11H2,1H3;/t14-,15-;/m1./s1. The first kappa shape index (κ1) is 13.0. The van der Waals surface area contributed by atoms with E-state index in [1.807, 2.05) is 0 Å². The summed E-state index contributed by atoms with van der Waals surface area (Å²) in [6, 6.07) is 15.3. The number of para-hydroxylation sites is 1. The normalized spacial score (nSPS) is 24.2. The van der Waals surface area contributed by atoms with Gasteiger partial charge in [0.05, 0.1) is 0 Å². The van der Waals surface area contributed by atoms with Gasteiger partial charge in [-0.2, -0.15) is 0 Å². The fourth-order valence-electron chi connectivity index (χ4n) is 3.58. The first-order valence-corrected chi connectivity index (χ1v) is 8.49. The Labute approximate surface area is 139 Å². The molecule has 1 fully saturated rings. The van der Waals surface area contributed by atoms with Gasteiger partial charge in [-0.25, -0.2) is 0 Å². The molecule has 2 aromatic carbocycles. The Hall–Kier alpha value is -0.696. The minimum atomic E-state index is 0.555. The van der Waals surface area contributed by atoms with Gasteiger partial charge in [-0.1, -0.05) is 0 Å². The second kappa shape index (κ2) is 4.94. The molecule has 2 aliphatic heterocycles. The summed E-state index contributed by atoms with van der Waals surface area (Å²) in [6.45, 7) is 2.24. The SMILES string of the molecule is CN1C[C@@H]2c3ccccc3Oc3cc[c]([Y])cc3[C@H]2C1. The zero-order valence-electron chi connectivity index (χ0n) is 11.5. The van der Waals surface area contributed by atoms with Crippen LogP contribution in [0.15, 0.2) is 42.5 Å². The van der Waals surface area contributed by atoms with Gasteiger partial charge < -0.3 is 0 Å². The molecule has 0 N–H and O–H groups in total. The first-order chi connectivity index (χ1) is 9.72. The van der Waals surface area contributed by atoms with Crippen LogP contribution >= 0.6 is 0 Å². The summed E-state index contributed by atoms with van der Waals surface area (Å²) in [5, 5.41) is 0. The number of hydrogen-bond donors (Lipinski definition) is 0. The van der Waals surface area contributed by atoms with E-state index in [4.69, 9.17) is 4.74 Å². The Morgan fingerprint density at radius 1 is 1.00 bits per heavy atom. The molecule has 0 aliphatic carbocycles. The second-order valence-corrected chi connectivity index (χ2v) is 7.51. The average molecular weight is 339 g/mol. The van der Waals surface area contributed by atoms with Gasteiger partial charge in [-0.15, -0.1) is 0 Å². The molecule has 0 unspecified atom stereocenters. The molecular weight excluding hydrogens is 323 g/mol. The third-order valence-electron chi connectivity index (χ3n) is 4.47. The molecule has 2 nitrogen and oxygen atoms in total. The van der Waals surface area contributed by atoms with Crippen molar-refractivity contribution < 1.29 is 35.7 Å². The Morgan fingerprint density at radius 3 is 2.55 bits per heavy atom. The van der Waals surface area contributed by atoms with Crippen molar-refractivity contribution in [3.05, 3.63) is 53.6 Å². The summed E-state index contributed by atoms with van der Waals surface area (Å²) < 4.78 is 7.67. The summed E-state index contributed by atoms with van der Waals surface area (Å²) in [6.07, 6.45) is 0. The summed E-state index contributed by atoms with van der Waals surface area (Å²) in [4.78, 5) is 2.44. The van der Waals surface area contributed by atoms with E-state index in [1.165, 1.54) is 13.5 Å². The van der Waals surface area contributed by atoms with E-state index < -0.39 is 0 Å². The maximum absolute atomic E-state index is 6.22. The van der Waals surface area contributed by atoms with Gasteiger partial charge in [0, 0.05) is 0 Å². The van der Waals surface area contributed by atoms with E-state index in [0.29, 0.717) is 11.8 Å². The number of hydrogen-bond acceptors (Lipinski definition) is 2. The van der Waals surface area contributed by atoms with Crippen molar-refractivity contribution in [2.75, 3.05) is 20.1 Å². The molecule has 0 aromatic heterocycles. The average Bonchev–Trinajstić information content (AvgIpc) is 2.78. The van der Waals surface area contributed by atoms with Crippen LogP contribution in [0.5, 0.6) is 11.5 Å². The van der Waals surface area contributed by atoms with Gasteiger partial charge in [-0.3, -0.25) is 0 Å². The van der Waals surface area contributed by atoms with Crippen LogP contribution in [-0.4, -0.2) is 25.0 Å². The predicted octanol–water partition coefficient (Wildman–Crippen LogP) is 2.78. The summed E-state index contributed by atoms with van der Waals surface area (Å²) in [5.41, 5.74) is 2.77. The van der Waals surface area contributed by atoms with E-state index in [1.54, 1.807) is 0 Å². The second-order valence-electron chi connectivity index (χ2n) is 5.87. The van der Waals surface area contributed by atoms with Crippen LogP contribution in [0.4, 0.5) is 0 Å². The predicted molar refractivity (Wildman–Crippen MR) is 75.6 cm³/mol. The third-order valence-corrected chi connectivity index (χ3v) is 5.36. The van der Waals surface area contributed by atoms with E-state index in [-0.39, 0.29) is 0 Å². The number of likely N-dealkylation sites (tertiary alicyclic amines) is 1. The van der Waals surface area contributed by atoms with Crippen LogP contribution in [0.3, 0.4) is 0 Å². The van der Waals surface area contributed by atoms with E-state index in [0.717, 1.165) is 55.5 Å². The van der Waals surface area contributed by atoms with Gasteiger partial charge in [0.1, 0.15) is 0 Å². The van der Waals surface area contributed by atoms with Crippen molar-refractivity contribution in [3.8, 4) is 11.5 Å². The van der Waals surface area contributed by atoms with Crippen LogP contribution in [-0.2, 0) is 31.0 Å². The molecule has 4 rings (SSSR count). The molecule has 2 heterocycles. The summed E-state index contributed by atoms with van der Waals surface area (Å²) in [5.74, 6) is 3.21. The van der Waals surface area contributed by atoms with Gasteiger partial charge in [0.25, 0.3) is 0 Å². The van der Waals surface area contributed by atoms with Crippen LogP contribution in [0.1, 0.15) is 23.0 Å². The van der Waals surface area contributed by atoms with Crippen molar-refractivity contribution in [1.82, 2.24) is 4.90 Å². The molecule has 1 saturated heterocycles. The molecule has 0 amide bonds. The maximum atomic E-state index is 6.22. The number of likely N-dealkylation sites (N-methyl/N-ethyl adjacent to an activating group) is 1. The minimum absolute atomic E-state index is 0.555. The van der Waals surface area contributed by atoms with E-state index >= 15 is 0 Å². The molecule has 0 radical (unpaired) electrons. The molecule has 2 atom stereocenters. The number of rotatable bonds is 0. The van der Waals surface area contributed by atoms with Crippen molar-refractivity contribution >= 4 is 2.37 Å². The zero-order valence-corrected chi connectivity index (χ0v) is 14.4. The molecule has 0 bridgehead atoms. The number of nitrogens with zero attached hydrogens (tertiary/aromatic N) is 1. The molecule has 0 spiro atoms. The monoisotopic (exact) mass is 339 g/mol. The molecule has 0 saturated carbocycles. The third kappa shape index (κ3) is 2.06. The number of ether oxygens (including phenoxy) is 1. The van der Waals surface area contributed by atoms with Gasteiger partial charge in [0.2, 0.25) is 0 Å². The molecular formula is C17H16NOY. The van der Waals surface area contributed by atoms with Crippen molar-refractivity contribution in [2.45, 2.75) is 11.8 Å². The Balaban J connectivity index is 1.93. The molecule has 98 valence electrons. The van der Waals surface area contributed by atoms with Crippen LogP contribution < -0.4 is 7.11 Å². The zero-order chi connectivity index (χ0) is 13.7. The molecule has 3 heteroatoms. The topological polar surface area (TPSA) is 12.5 Å². The van der Waals surface area contributed by atoms with Gasteiger partial charge in [0.15, 0.2) is 0 Å². The summed E-state index contributed by atoms with van der Waals surface area (Å²) >= 11 is 1.16. The van der Waals surface area contributed by atoms with Crippen molar-refractivity contribution in [1.29, 1.82) is 0 Å². The number of benzene rings is 2. The molecule has 2 aliphatic rings. The van der Waals surface area contributed by atoms with E-state index in [2.05, 4.69) is 54.4 Å². The fourth-order valence-corrected chi connectivity index (χ4v) is 4.26. The van der Waals surface area contributed by atoms with Gasteiger partial charge in [-0.05, 0) is 0 Å². The van der Waals surface area contributed by atoms with Crippen LogP contribution in [0.2, 0.25) is 0 Å². The Bertz CT molecular complexity index is 670. The molecule has 2 aromatic rings. The first-order valence-electron chi connectivity index (χ1n) is 7.07. The van der Waals surface area contributed by atoms with Gasteiger partial charge >= 0.3 is 140 Å². The van der Waals surface area contributed by atoms with Crippen LogP contribution in [0.25, 0.3) is 0 Å². The molecule has 20 heavy (non-hydrogen) atoms. The fraction of sp³-hybridized carbons (Fsp3) is 0.294.